The van der Waals surface area contributed by atoms with E-state index in [0.29, 0.717) is 23.9 Å². The summed E-state index contributed by atoms with van der Waals surface area (Å²) in [6.07, 6.45) is 3.90. The smallest absolute Gasteiger partial charge is 0.477 e. The van der Waals surface area contributed by atoms with Crippen LogP contribution in [-0.4, -0.2) is 28.8 Å². The fraction of sp³-hybridized carbons (Fsp3) is 0.444. The molecule has 1 aromatic rings. The Morgan fingerprint density at radius 2 is 2.21 bits per heavy atom. The van der Waals surface area contributed by atoms with Crippen LogP contribution in [0.1, 0.15) is 12.8 Å². The van der Waals surface area contributed by atoms with Gasteiger partial charge in [-0.3, -0.25) is 0 Å². The minimum Gasteiger partial charge on any atom is -0.477 e. The first kappa shape index (κ1) is 9.49. The third-order valence-electron chi connectivity index (χ3n) is 2.22. The van der Waals surface area contributed by atoms with E-state index in [2.05, 4.69) is 4.98 Å². The lowest BCUT2D eigenvalue weighted by Crippen LogP contribution is -2.29. The van der Waals surface area contributed by atoms with Crippen LogP contribution in [0.4, 0.5) is 0 Å². The highest BCUT2D eigenvalue weighted by molar-refractivity contribution is 6.58. The highest BCUT2D eigenvalue weighted by atomic mass is 16.5. The molecule has 0 bridgehead atoms. The van der Waals surface area contributed by atoms with Crippen LogP contribution >= 0.6 is 0 Å². The van der Waals surface area contributed by atoms with E-state index in [-0.39, 0.29) is 0 Å². The van der Waals surface area contributed by atoms with Crippen molar-refractivity contribution >= 4 is 12.6 Å². The summed E-state index contributed by atoms with van der Waals surface area (Å²) in [7, 11) is -1.46. The van der Waals surface area contributed by atoms with Gasteiger partial charge in [-0.25, -0.2) is 4.98 Å². The van der Waals surface area contributed by atoms with Crippen LogP contribution in [0.5, 0.6) is 5.88 Å². The number of pyridine rings is 1. The SMILES string of the molecule is OB(O)c1ccc(OCC2CC2)nc1. The molecular weight excluding hydrogens is 181 g/mol. The molecule has 74 valence electrons. The van der Waals surface area contributed by atoms with Crippen LogP contribution in [0.15, 0.2) is 18.3 Å². The number of nitrogens with zero attached hydrogens (tertiary/aromatic N) is 1. The fourth-order valence-corrected chi connectivity index (χ4v) is 1.12. The van der Waals surface area contributed by atoms with Crippen molar-refractivity contribution in [2.45, 2.75) is 12.8 Å². The minimum atomic E-state index is -1.46. The molecule has 14 heavy (non-hydrogen) atoms. The first-order valence-electron chi connectivity index (χ1n) is 4.70. The molecule has 4 nitrogen and oxygen atoms in total. The van der Waals surface area contributed by atoms with E-state index in [4.69, 9.17) is 14.8 Å². The molecule has 0 unspecified atom stereocenters. The predicted octanol–water partition coefficient (Wildman–Crippen LogP) is -0.450. The Hall–Kier alpha value is -1.07. The zero-order chi connectivity index (χ0) is 9.97. The van der Waals surface area contributed by atoms with E-state index >= 15 is 0 Å². The van der Waals surface area contributed by atoms with Crippen LogP contribution in [0, 0.1) is 5.92 Å². The lowest BCUT2D eigenvalue weighted by atomic mass is 9.82. The summed E-state index contributed by atoms with van der Waals surface area (Å²) in [4.78, 5) is 3.96. The third kappa shape index (κ3) is 2.46. The first-order valence-corrected chi connectivity index (χ1v) is 4.70. The monoisotopic (exact) mass is 193 g/mol. The van der Waals surface area contributed by atoms with Gasteiger partial charge in [0.2, 0.25) is 5.88 Å². The molecule has 1 fully saturated rings. The predicted molar refractivity (Wildman–Crippen MR) is 52.3 cm³/mol. The van der Waals surface area contributed by atoms with Crippen molar-refractivity contribution in [1.82, 2.24) is 4.98 Å². The van der Waals surface area contributed by atoms with Crippen molar-refractivity contribution in [3.05, 3.63) is 18.3 Å². The van der Waals surface area contributed by atoms with Crippen LogP contribution < -0.4 is 10.2 Å². The first-order chi connectivity index (χ1) is 6.75. The number of aromatic nitrogens is 1. The van der Waals surface area contributed by atoms with Crippen molar-refractivity contribution in [2.24, 2.45) is 5.92 Å². The molecular formula is C9H12BNO3. The van der Waals surface area contributed by atoms with Crippen molar-refractivity contribution in [1.29, 1.82) is 0 Å². The van der Waals surface area contributed by atoms with Crippen molar-refractivity contribution in [3.8, 4) is 5.88 Å². The van der Waals surface area contributed by atoms with Crippen molar-refractivity contribution < 1.29 is 14.8 Å². The highest BCUT2D eigenvalue weighted by Gasteiger charge is 2.22. The zero-order valence-electron chi connectivity index (χ0n) is 7.76. The molecule has 0 spiro atoms. The standard InChI is InChI=1S/C9H12BNO3/c12-10(13)8-3-4-9(11-5-8)14-6-7-1-2-7/h3-5,7,12-13H,1-2,6H2. The van der Waals surface area contributed by atoms with Crippen molar-refractivity contribution in [2.75, 3.05) is 6.61 Å². The second-order valence-corrected chi connectivity index (χ2v) is 3.56. The Balaban J connectivity index is 1.91. The summed E-state index contributed by atoms with van der Waals surface area (Å²) in [5.41, 5.74) is 0.378. The second-order valence-electron chi connectivity index (χ2n) is 3.56. The molecule has 0 atom stereocenters. The highest BCUT2D eigenvalue weighted by Crippen LogP contribution is 2.28. The van der Waals surface area contributed by atoms with E-state index in [0.717, 1.165) is 0 Å². The lowest BCUT2D eigenvalue weighted by molar-refractivity contribution is 0.288. The molecule has 0 aromatic carbocycles. The van der Waals surface area contributed by atoms with Crippen LogP contribution in [0.25, 0.3) is 0 Å². The van der Waals surface area contributed by atoms with Gasteiger partial charge in [-0.05, 0) is 24.8 Å². The molecule has 0 radical (unpaired) electrons. The van der Waals surface area contributed by atoms with Gasteiger partial charge >= 0.3 is 7.12 Å². The molecule has 1 saturated carbocycles. The average Bonchev–Trinajstić information content (AvgIpc) is 2.99. The van der Waals surface area contributed by atoms with Crippen LogP contribution in [0.2, 0.25) is 0 Å². The van der Waals surface area contributed by atoms with Gasteiger partial charge in [0.15, 0.2) is 0 Å². The lowest BCUT2D eigenvalue weighted by Gasteiger charge is -2.04. The van der Waals surface area contributed by atoms with E-state index in [1.807, 2.05) is 0 Å². The van der Waals surface area contributed by atoms with E-state index in [1.165, 1.54) is 19.0 Å². The Labute approximate surface area is 82.7 Å². The van der Waals surface area contributed by atoms with Crippen molar-refractivity contribution in [3.63, 3.8) is 0 Å². The van der Waals surface area contributed by atoms with Crippen LogP contribution in [-0.2, 0) is 0 Å². The van der Waals surface area contributed by atoms with Gasteiger partial charge in [-0.1, -0.05) is 6.07 Å². The Kier molecular flexibility index (Phi) is 2.70. The van der Waals surface area contributed by atoms with E-state index < -0.39 is 7.12 Å². The summed E-state index contributed by atoms with van der Waals surface area (Å²) in [6, 6.07) is 3.25. The maximum Gasteiger partial charge on any atom is 0.490 e. The zero-order valence-corrected chi connectivity index (χ0v) is 7.76. The van der Waals surface area contributed by atoms with Gasteiger partial charge < -0.3 is 14.8 Å². The molecule has 1 aliphatic carbocycles. The number of hydrogen-bond donors (Lipinski definition) is 2. The molecule has 2 rings (SSSR count). The molecule has 1 aromatic heterocycles. The van der Waals surface area contributed by atoms with Gasteiger partial charge in [-0.2, -0.15) is 0 Å². The molecule has 0 aliphatic heterocycles. The number of rotatable bonds is 4. The molecule has 5 heteroatoms. The Morgan fingerprint density at radius 1 is 1.43 bits per heavy atom. The van der Waals surface area contributed by atoms with Gasteiger partial charge in [-0.15, -0.1) is 0 Å². The molecule has 2 N–H and O–H groups in total. The normalized spacial score (nSPS) is 15.3. The van der Waals surface area contributed by atoms with Gasteiger partial charge in [0, 0.05) is 11.7 Å². The van der Waals surface area contributed by atoms with E-state index in [9.17, 15) is 0 Å². The number of hydrogen-bond acceptors (Lipinski definition) is 4. The third-order valence-corrected chi connectivity index (χ3v) is 2.22. The largest absolute Gasteiger partial charge is 0.490 e. The van der Waals surface area contributed by atoms with Gasteiger partial charge in [0.1, 0.15) is 0 Å². The number of ether oxygens (including phenoxy) is 1. The quantitative estimate of drug-likeness (QED) is 0.635. The molecule has 0 saturated heterocycles. The van der Waals surface area contributed by atoms with Crippen LogP contribution in [0.3, 0.4) is 0 Å². The summed E-state index contributed by atoms with van der Waals surface area (Å²) >= 11 is 0. The molecule has 0 amide bonds. The average molecular weight is 193 g/mol. The Bertz CT molecular complexity index is 297. The topological polar surface area (TPSA) is 62.6 Å². The Morgan fingerprint density at radius 3 is 2.71 bits per heavy atom. The maximum atomic E-state index is 8.82. The van der Waals surface area contributed by atoms with Gasteiger partial charge in [0.25, 0.3) is 0 Å². The van der Waals surface area contributed by atoms with E-state index in [1.54, 1.807) is 12.1 Å². The fourth-order valence-electron chi connectivity index (χ4n) is 1.12. The maximum absolute atomic E-state index is 8.82. The molecule has 1 aliphatic rings. The minimum absolute atomic E-state index is 0.378. The summed E-state index contributed by atoms with van der Waals surface area (Å²) < 4.78 is 5.39. The summed E-state index contributed by atoms with van der Waals surface area (Å²) in [5.74, 6) is 1.24. The van der Waals surface area contributed by atoms with Gasteiger partial charge in [0.05, 0.1) is 6.61 Å². The molecule has 1 heterocycles. The second kappa shape index (κ2) is 3.98. The summed E-state index contributed by atoms with van der Waals surface area (Å²) in [6.45, 7) is 0.716. The summed E-state index contributed by atoms with van der Waals surface area (Å²) in [5, 5.41) is 17.6.